The third kappa shape index (κ3) is 2.73. The van der Waals surface area contributed by atoms with E-state index in [1.807, 2.05) is 0 Å². The van der Waals surface area contributed by atoms with E-state index in [2.05, 4.69) is 20.1 Å². The number of hydrogen-bond acceptors (Lipinski definition) is 7. The molecular weight excluding hydrogens is 236 g/mol. The zero-order valence-corrected chi connectivity index (χ0v) is 9.95. The van der Waals surface area contributed by atoms with Gasteiger partial charge < -0.3 is 26.1 Å². The Bertz CT molecular complexity index is 480. The summed E-state index contributed by atoms with van der Waals surface area (Å²) in [5, 5.41) is 13.1. The van der Waals surface area contributed by atoms with Crippen molar-refractivity contribution in [2.75, 3.05) is 0 Å². The van der Waals surface area contributed by atoms with Crippen molar-refractivity contribution in [1.29, 1.82) is 0 Å². The number of imidazole rings is 1. The van der Waals surface area contributed by atoms with Gasteiger partial charge in [0, 0.05) is 18.3 Å². The third-order valence-electron chi connectivity index (χ3n) is 2.59. The van der Waals surface area contributed by atoms with Crippen LogP contribution < -0.4 is 11.5 Å². The van der Waals surface area contributed by atoms with Crippen LogP contribution in [0.4, 0.5) is 0 Å². The summed E-state index contributed by atoms with van der Waals surface area (Å²) in [5.74, 6) is 0.538. The first-order valence-electron chi connectivity index (χ1n) is 5.58. The summed E-state index contributed by atoms with van der Waals surface area (Å²) in [4.78, 5) is 10.9. The molecule has 0 aliphatic heterocycles. The van der Waals surface area contributed by atoms with Crippen molar-refractivity contribution in [3.8, 4) is 0 Å². The molecule has 0 aliphatic carbocycles. The van der Waals surface area contributed by atoms with Gasteiger partial charge in [0.25, 0.3) is 0 Å². The molecule has 2 aromatic rings. The van der Waals surface area contributed by atoms with Gasteiger partial charge in [-0.25, -0.2) is 4.98 Å². The Labute approximate surface area is 103 Å². The molecule has 6 N–H and O–H groups in total. The molecule has 0 amide bonds. The van der Waals surface area contributed by atoms with Crippen LogP contribution in [-0.2, 0) is 6.42 Å². The summed E-state index contributed by atoms with van der Waals surface area (Å²) in [6.07, 6.45) is 3.01. The van der Waals surface area contributed by atoms with Crippen LogP contribution in [0.25, 0.3) is 0 Å². The van der Waals surface area contributed by atoms with E-state index in [9.17, 15) is 5.11 Å². The number of H-pyrrole nitrogens is 1. The zero-order valence-electron chi connectivity index (χ0n) is 9.95. The standard InChI is InChI=1S/C10H16N6O2/c1-5(17)8(12)10-15-9(16-18-10)7(11)2-6-3-13-4-14-6/h3-5,7-8,17H,2,11-12H2,1H3,(H,13,14)/t5?,7-,8-/m0/s1. The van der Waals surface area contributed by atoms with E-state index in [1.165, 1.54) is 0 Å². The number of aromatic amines is 1. The Kier molecular flexibility index (Phi) is 3.70. The topological polar surface area (TPSA) is 140 Å². The minimum atomic E-state index is -0.762. The molecule has 1 unspecified atom stereocenters. The van der Waals surface area contributed by atoms with E-state index >= 15 is 0 Å². The van der Waals surface area contributed by atoms with Gasteiger partial charge in [-0.2, -0.15) is 4.98 Å². The highest BCUT2D eigenvalue weighted by Gasteiger charge is 2.22. The minimum Gasteiger partial charge on any atom is -0.391 e. The first-order valence-corrected chi connectivity index (χ1v) is 5.58. The first kappa shape index (κ1) is 12.7. The lowest BCUT2D eigenvalue weighted by Gasteiger charge is -2.08. The fraction of sp³-hybridized carbons (Fsp3) is 0.500. The van der Waals surface area contributed by atoms with E-state index < -0.39 is 18.2 Å². The molecule has 2 rings (SSSR count). The van der Waals surface area contributed by atoms with Crippen molar-refractivity contribution >= 4 is 0 Å². The average Bonchev–Trinajstić information content (AvgIpc) is 2.97. The highest BCUT2D eigenvalue weighted by Crippen LogP contribution is 2.16. The van der Waals surface area contributed by atoms with Gasteiger partial charge in [-0.3, -0.25) is 0 Å². The van der Waals surface area contributed by atoms with Crippen LogP contribution in [0.1, 0.15) is 36.4 Å². The van der Waals surface area contributed by atoms with Gasteiger partial charge in [-0.15, -0.1) is 0 Å². The zero-order chi connectivity index (χ0) is 13.1. The van der Waals surface area contributed by atoms with Gasteiger partial charge in [0.05, 0.1) is 18.5 Å². The van der Waals surface area contributed by atoms with Gasteiger partial charge in [0.15, 0.2) is 5.82 Å². The fourth-order valence-corrected chi connectivity index (χ4v) is 1.46. The Morgan fingerprint density at radius 3 is 2.89 bits per heavy atom. The fourth-order valence-electron chi connectivity index (χ4n) is 1.46. The van der Waals surface area contributed by atoms with Crippen LogP contribution >= 0.6 is 0 Å². The Morgan fingerprint density at radius 1 is 1.50 bits per heavy atom. The number of rotatable bonds is 5. The minimum absolute atomic E-state index is 0.181. The SMILES string of the molecule is CC(O)[C@H](N)c1nc([C@@H](N)Cc2cnc[nH]2)no1. The second kappa shape index (κ2) is 5.25. The summed E-state index contributed by atoms with van der Waals surface area (Å²) in [5.41, 5.74) is 12.5. The Balaban J connectivity index is 2.05. The number of aliphatic hydroxyl groups is 1. The largest absolute Gasteiger partial charge is 0.391 e. The molecule has 0 spiro atoms. The molecule has 2 heterocycles. The van der Waals surface area contributed by atoms with Gasteiger partial charge in [-0.05, 0) is 6.92 Å². The molecule has 8 nitrogen and oxygen atoms in total. The molecule has 0 fully saturated rings. The average molecular weight is 252 g/mol. The first-order chi connectivity index (χ1) is 8.58. The van der Waals surface area contributed by atoms with Crippen LogP contribution in [0.5, 0.6) is 0 Å². The van der Waals surface area contributed by atoms with Crippen molar-refractivity contribution in [1.82, 2.24) is 20.1 Å². The molecule has 8 heteroatoms. The predicted molar refractivity (Wildman–Crippen MR) is 62.1 cm³/mol. The number of nitrogens with two attached hydrogens (primary N) is 2. The van der Waals surface area contributed by atoms with E-state index in [1.54, 1.807) is 19.4 Å². The summed E-state index contributed by atoms with van der Waals surface area (Å²) in [6.45, 7) is 1.55. The lowest BCUT2D eigenvalue weighted by atomic mass is 10.1. The van der Waals surface area contributed by atoms with Crippen molar-refractivity contribution in [3.05, 3.63) is 29.9 Å². The van der Waals surface area contributed by atoms with E-state index in [-0.39, 0.29) is 5.89 Å². The molecule has 0 radical (unpaired) electrons. The maximum atomic E-state index is 9.33. The Morgan fingerprint density at radius 2 is 2.28 bits per heavy atom. The van der Waals surface area contributed by atoms with Gasteiger partial charge in [-0.1, -0.05) is 5.16 Å². The quantitative estimate of drug-likeness (QED) is 0.557. The highest BCUT2D eigenvalue weighted by molar-refractivity contribution is 5.04. The molecule has 2 aromatic heterocycles. The summed E-state index contributed by atoms with van der Waals surface area (Å²) in [7, 11) is 0. The maximum Gasteiger partial charge on any atom is 0.246 e. The van der Waals surface area contributed by atoms with Crippen LogP contribution in [0.2, 0.25) is 0 Å². The highest BCUT2D eigenvalue weighted by atomic mass is 16.5. The lowest BCUT2D eigenvalue weighted by molar-refractivity contribution is 0.146. The number of nitrogens with one attached hydrogen (secondary N) is 1. The summed E-state index contributed by atoms with van der Waals surface area (Å²) in [6, 6.07) is -1.12. The monoisotopic (exact) mass is 252 g/mol. The van der Waals surface area contributed by atoms with Crippen LogP contribution in [0.15, 0.2) is 17.0 Å². The molecule has 18 heavy (non-hydrogen) atoms. The number of aromatic nitrogens is 4. The van der Waals surface area contributed by atoms with Crippen molar-refractivity contribution < 1.29 is 9.63 Å². The summed E-state index contributed by atoms with van der Waals surface area (Å²) < 4.78 is 4.98. The van der Waals surface area contributed by atoms with Crippen molar-refractivity contribution in [3.63, 3.8) is 0 Å². The molecule has 0 saturated carbocycles. The van der Waals surface area contributed by atoms with E-state index in [4.69, 9.17) is 16.0 Å². The molecule has 0 saturated heterocycles. The second-order valence-corrected chi connectivity index (χ2v) is 4.14. The second-order valence-electron chi connectivity index (χ2n) is 4.14. The smallest absolute Gasteiger partial charge is 0.246 e. The van der Waals surface area contributed by atoms with Crippen LogP contribution in [0.3, 0.4) is 0 Å². The number of nitrogens with zero attached hydrogens (tertiary/aromatic N) is 3. The lowest BCUT2D eigenvalue weighted by Crippen LogP contribution is -2.23. The van der Waals surface area contributed by atoms with Crippen LogP contribution in [0, 0.1) is 0 Å². The third-order valence-corrected chi connectivity index (χ3v) is 2.59. The van der Waals surface area contributed by atoms with Crippen molar-refractivity contribution in [2.24, 2.45) is 11.5 Å². The summed E-state index contributed by atoms with van der Waals surface area (Å²) >= 11 is 0. The molecule has 0 bridgehead atoms. The molecule has 0 aliphatic rings. The number of hydrogen-bond donors (Lipinski definition) is 4. The number of aliphatic hydroxyl groups excluding tert-OH is 1. The predicted octanol–water partition coefficient (Wildman–Crippen LogP) is -0.584. The molecule has 3 atom stereocenters. The normalized spacial score (nSPS) is 16.4. The van der Waals surface area contributed by atoms with Crippen molar-refractivity contribution in [2.45, 2.75) is 31.5 Å². The molecular formula is C10H16N6O2. The molecule has 98 valence electrons. The maximum absolute atomic E-state index is 9.33. The van der Waals surface area contributed by atoms with Gasteiger partial charge in [0.1, 0.15) is 6.04 Å². The van der Waals surface area contributed by atoms with Crippen LogP contribution in [-0.4, -0.2) is 31.3 Å². The van der Waals surface area contributed by atoms with Gasteiger partial charge in [0.2, 0.25) is 5.89 Å². The Hall–Kier alpha value is -1.77. The molecule has 0 aromatic carbocycles. The van der Waals surface area contributed by atoms with Gasteiger partial charge >= 0.3 is 0 Å². The van der Waals surface area contributed by atoms with E-state index in [0.29, 0.717) is 12.2 Å². The van der Waals surface area contributed by atoms with E-state index in [0.717, 1.165) is 5.69 Å².